The summed E-state index contributed by atoms with van der Waals surface area (Å²) in [5.41, 5.74) is 11.2. The van der Waals surface area contributed by atoms with Gasteiger partial charge in [-0.1, -0.05) is 0 Å². The van der Waals surface area contributed by atoms with E-state index < -0.39 is 0 Å². The third kappa shape index (κ3) is 4.16. The molecule has 4 nitrogen and oxygen atoms in total. The summed E-state index contributed by atoms with van der Waals surface area (Å²) >= 11 is 0. The van der Waals surface area contributed by atoms with Crippen molar-refractivity contribution < 1.29 is 9.18 Å². The summed E-state index contributed by atoms with van der Waals surface area (Å²) in [5.74, 6) is -0.673. The van der Waals surface area contributed by atoms with Crippen molar-refractivity contribution in [3.8, 4) is 0 Å². The van der Waals surface area contributed by atoms with E-state index in [1.54, 1.807) is 12.1 Å². The number of amides is 1. The minimum atomic E-state index is -0.366. The third-order valence-corrected chi connectivity index (χ3v) is 2.16. The summed E-state index contributed by atoms with van der Waals surface area (Å²) in [6, 6.07) is 4.50. The Kier molecular flexibility index (Phi) is 4.57. The van der Waals surface area contributed by atoms with E-state index in [1.807, 2.05) is 0 Å². The number of primary amides is 1. The van der Waals surface area contributed by atoms with Crippen LogP contribution in [0.4, 0.5) is 15.8 Å². The zero-order chi connectivity index (χ0) is 12.0. The number of anilines is 2. The van der Waals surface area contributed by atoms with Crippen LogP contribution in [0, 0.1) is 5.82 Å². The highest BCUT2D eigenvalue weighted by molar-refractivity contribution is 5.73. The quantitative estimate of drug-likeness (QED) is 0.506. The minimum absolute atomic E-state index is 0.307. The summed E-state index contributed by atoms with van der Waals surface area (Å²) in [4.78, 5) is 10.5. The molecule has 0 saturated heterocycles. The number of benzene rings is 1. The second-order valence-corrected chi connectivity index (χ2v) is 3.59. The van der Waals surface area contributed by atoms with Crippen molar-refractivity contribution >= 4 is 17.3 Å². The highest BCUT2D eigenvalue weighted by atomic mass is 19.1. The summed E-state index contributed by atoms with van der Waals surface area (Å²) in [6.07, 6.45) is 1.84. The van der Waals surface area contributed by atoms with Crippen LogP contribution in [0.15, 0.2) is 18.2 Å². The molecule has 16 heavy (non-hydrogen) atoms. The van der Waals surface area contributed by atoms with Crippen LogP contribution in [0.5, 0.6) is 0 Å². The van der Waals surface area contributed by atoms with Gasteiger partial charge in [0.1, 0.15) is 5.82 Å². The van der Waals surface area contributed by atoms with Gasteiger partial charge in [-0.2, -0.15) is 0 Å². The fraction of sp³-hybridized carbons (Fsp3) is 0.364. The fourth-order valence-corrected chi connectivity index (χ4v) is 1.32. The predicted molar refractivity (Wildman–Crippen MR) is 62.3 cm³/mol. The van der Waals surface area contributed by atoms with Gasteiger partial charge in [-0.3, -0.25) is 4.79 Å². The van der Waals surface area contributed by atoms with Crippen LogP contribution in [-0.2, 0) is 4.79 Å². The van der Waals surface area contributed by atoms with Crippen LogP contribution >= 0.6 is 0 Å². The SMILES string of the molecule is NC(=O)CCCCNc1ccc(N)cc1F. The minimum Gasteiger partial charge on any atom is -0.399 e. The molecule has 0 aliphatic heterocycles. The van der Waals surface area contributed by atoms with Crippen LogP contribution in [0.1, 0.15) is 19.3 Å². The van der Waals surface area contributed by atoms with Gasteiger partial charge in [-0.25, -0.2) is 4.39 Å². The Hall–Kier alpha value is -1.78. The first-order valence-corrected chi connectivity index (χ1v) is 5.17. The van der Waals surface area contributed by atoms with Crippen molar-refractivity contribution in [2.24, 2.45) is 5.73 Å². The van der Waals surface area contributed by atoms with Crippen molar-refractivity contribution in [1.82, 2.24) is 0 Å². The molecule has 1 aromatic carbocycles. The van der Waals surface area contributed by atoms with Gasteiger partial charge >= 0.3 is 0 Å². The second-order valence-electron chi connectivity index (χ2n) is 3.59. The number of nitrogens with one attached hydrogen (secondary N) is 1. The molecule has 0 atom stereocenters. The van der Waals surface area contributed by atoms with Gasteiger partial charge in [0.2, 0.25) is 5.91 Å². The van der Waals surface area contributed by atoms with Gasteiger partial charge in [0, 0.05) is 18.7 Å². The van der Waals surface area contributed by atoms with Crippen molar-refractivity contribution in [3.63, 3.8) is 0 Å². The first-order chi connectivity index (χ1) is 7.59. The number of halogens is 1. The first-order valence-electron chi connectivity index (χ1n) is 5.17. The number of unbranched alkanes of at least 4 members (excludes halogenated alkanes) is 1. The number of rotatable bonds is 6. The average Bonchev–Trinajstić information content (AvgIpc) is 2.20. The van der Waals surface area contributed by atoms with Gasteiger partial charge in [0.15, 0.2) is 0 Å². The van der Waals surface area contributed by atoms with E-state index in [1.165, 1.54) is 6.07 Å². The Morgan fingerprint density at radius 1 is 1.38 bits per heavy atom. The monoisotopic (exact) mass is 225 g/mol. The molecule has 1 aromatic rings. The molecule has 0 aliphatic carbocycles. The van der Waals surface area contributed by atoms with E-state index in [0.29, 0.717) is 30.8 Å². The van der Waals surface area contributed by atoms with E-state index in [9.17, 15) is 9.18 Å². The van der Waals surface area contributed by atoms with Crippen LogP contribution < -0.4 is 16.8 Å². The van der Waals surface area contributed by atoms with Crippen LogP contribution in [-0.4, -0.2) is 12.5 Å². The summed E-state index contributed by atoms with van der Waals surface area (Å²) in [6.45, 7) is 0.605. The lowest BCUT2D eigenvalue weighted by Gasteiger charge is -2.07. The molecule has 0 unspecified atom stereocenters. The first kappa shape index (κ1) is 12.3. The van der Waals surface area contributed by atoms with Crippen LogP contribution in [0.3, 0.4) is 0 Å². The van der Waals surface area contributed by atoms with Gasteiger partial charge in [-0.05, 0) is 31.0 Å². The van der Waals surface area contributed by atoms with E-state index in [4.69, 9.17) is 11.5 Å². The lowest BCUT2D eigenvalue weighted by molar-refractivity contribution is -0.118. The molecule has 1 rings (SSSR count). The Morgan fingerprint density at radius 2 is 2.12 bits per heavy atom. The van der Waals surface area contributed by atoms with E-state index in [0.717, 1.165) is 6.42 Å². The van der Waals surface area contributed by atoms with Gasteiger partial charge in [0.05, 0.1) is 5.69 Å². The van der Waals surface area contributed by atoms with Crippen molar-refractivity contribution in [2.75, 3.05) is 17.6 Å². The standard InChI is InChI=1S/C11H16FN3O/c12-9-7-8(13)4-5-10(9)15-6-2-1-3-11(14)16/h4-5,7,15H,1-3,6,13H2,(H2,14,16). The van der Waals surface area contributed by atoms with Gasteiger partial charge in [0.25, 0.3) is 0 Å². The van der Waals surface area contributed by atoms with Gasteiger partial charge < -0.3 is 16.8 Å². The normalized spacial score (nSPS) is 10.1. The average molecular weight is 225 g/mol. The number of hydrogen-bond donors (Lipinski definition) is 3. The Morgan fingerprint density at radius 3 is 2.75 bits per heavy atom. The lowest BCUT2D eigenvalue weighted by Crippen LogP contribution is -2.11. The molecule has 5 N–H and O–H groups in total. The maximum Gasteiger partial charge on any atom is 0.217 e. The number of carbonyl (C=O) groups is 1. The topological polar surface area (TPSA) is 81.1 Å². The van der Waals surface area contributed by atoms with Crippen molar-refractivity contribution in [1.29, 1.82) is 0 Å². The van der Waals surface area contributed by atoms with Crippen molar-refractivity contribution in [2.45, 2.75) is 19.3 Å². The molecule has 5 heteroatoms. The Bertz CT molecular complexity index is 368. The highest BCUT2D eigenvalue weighted by Gasteiger charge is 2.01. The molecule has 0 bridgehead atoms. The molecule has 1 amide bonds. The molecule has 0 spiro atoms. The number of nitrogen functional groups attached to an aromatic ring is 1. The number of hydrogen-bond acceptors (Lipinski definition) is 3. The Labute approximate surface area is 93.8 Å². The van der Waals surface area contributed by atoms with E-state index in [2.05, 4.69) is 5.32 Å². The lowest BCUT2D eigenvalue weighted by atomic mass is 10.2. The summed E-state index contributed by atoms with van der Waals surface area (Å²) in [5, 5.41) is 2.93. The van der Waals surface area contributed by atoms with E-state index in [-0.39, 0.29) is 11.7 Å². The third-order valence-electron chi connectivity index (χ3n) is 2.16. The molecule has 0 aliphatic rings. The van der Waals surface area contributed by atoms with Crippen molar-refractivity contribution in [3.05, 3.63) is 24.0 Å². The predicted octanol–water partition coefficient (Wildman–Crippen LogP) is 1.48. The molecule has 0 radical (unpaired) electrons. The maximum atomic E-state index is 13.3. The largest absolute Gasteiger partial charge is 0.399 e. The zero-order valence-corrected chi connectivity index (χ0v) is 9.00. The molecule has 0 fully saturated rings. The molecular formula is C11H16FN3O. The van der Waals surface area contributed by atoms with Crippen LogP contribution in [0.2, 0.25) is 0 Å². The highest BCUT2D eigenvalue weighted by Crippen LogP contribution is 2.16. The fourth-order valence-electron chi connectivity index (χ4n) is 1.32. The van der Waals surface area contributed by atoms with E-state index >= 15 is 0 Å². The summed E-state index contributed by atoms with van der Waals surface area (Å²) in [7, 11) is 0. The van der Waals surface area contributed by atoms with Crippen LogP contribution in [0.25, 0.3) is 0 Å². The number of carbonyl (C=O) groups excluding carboxylic acids is 1. The molecule has 0 heterocycles. The zero-order valence-electron chi connectivity index (χ0n) is 9.00. The molecule has 88 valence electrons. The second kappa shape index (κ2) is 5.95. The van der Waals surface area contributed by atoms with Gasteiger partial charge in [-0.15, -0.1) is 0 Å². The smallest absolute Gasteiger partial charge is 0.217 e. The molecular weight excluding hydrogens is 209 g/mol. The number of nitrogens with two attached hydrogens (primary N) is 2. The summed E-state index contributed by atoms with van der Waals surface area (Å²) < 4.78 is 13.3. The molecule has 0 aromatic heterocycles. The Balaban J connectivity index is 2.29. The molecule has 0 saturated carbocycles. The maximum absolute atomic E-state index is 13.3.